The quantitative estimate of drug-likeness (QED) is 0.419. The van der Waals surface area contributed by atoms with Crippen LogP contribution in [0.3, 0.4) is 0 Å². The Bertz CT molecular complexity index is 836. The maximum Gasteiger partial charge on any atom is 0.269 e. The molecule has 0 N–H and O–H groups in total. The van der Waals surface area contributed by atoms with Gasteiger partial charge in [-0.3, -0.25) is 14.9 Å². The van der Waals surface area contributed by atoms with Crippen LogP contribution in [0.2, 0.25) is 0 Å². The summed E-state index contributed by atoms with van der Waals surface area (Å²) in [5.74, 6) is -0.0950. The molecule has 0 saturated carbocycles. The van der Waals surface area contributed by atoms with Gasteiger partial charge in [0, 0.05) is 54.8 Å². The highest BCUT2D eigenvalue weighted by atomic mass is 32.2. The van der Waals surface area contributed by atoms with Crippen molar-refractivity contribution in [2.45, 2.75) is 18.2 Å². The first-order valence-corrected chi connectivity index (χ1v) is 10.6. The molecule has 1 heterocycles. The topological polar surface area (TPSA) is 66.7 Å². The average molecular weight is 400 g/mol. The number of nitro groups is 1. The number of piperazine rings is 1. The van der Waals surface area contributed by atoms with E-state index in [2.05, 4.69) is 17.0 Å². The number of non-ortho nitro benzene ring substituents is 1. The van der Waals surface area contributed by atoms with Crippen molar-refractivity contribution in [3.8, 4) is 0 Å². The van der Waals surface area contributed by atoms with Crippen LogP contribution in [-0.4, -0.2) is 48.2 Å². The van der Waals surface area contributed by atoms with Crippen molar-refractivity contribution >= 4 is 29.0 Å². The van der Waals surface area contributed by atoms with Gasteiger partial charge in [0.1, 0.15) is 0 Å². The highest BCUT2D eigenvalue weighted by molar-refractivity contribution is 7.98. The average Bonchev–Trinajstić information content (AvgIpc) is 2.73. The Morgan fingerprint density at radius 3 is 2.43 bits per heavy atom. The van der Waals surface area contributed by atoms with Crippen molar-refractivity contribution in [2.24, 2.45) is 5.92 Å². The number of amides is 1. The van der Waals surface area contributed by atoms with Gasteiger partial charge in [0.05, 0.1) is 4.92 Å². The number of carbonyl (C=O) groups is 1. The Balaban J connectivity index is 1.62. The molecule has 7 heteroatoms. The number of rotatable bonds is 6. The SMILES string of the molecule is CSc1ccc([N+](=O)[O-])cc1CC(C)C(=O)N1CCN(c2ccccc2)CC1. The summed E-state index contributed by atoms with van der Waals surface area (Å²) in [6, 6.07) is 15.1. The molecular weight excluding hydrogens is 374 g/mol. The molecule has 0 aromatic heterocycles. The van der Waals surface area contributed by atoms with Crippen molar-refractivity contribution in [3.63, 3.8) is 0 Å². The number of benzene rings is 2. The predicted molar refractivity (Wildman–Crippen MR) is 113 cm³/mol. The van der Waals surface area contributed by atoms with Gasteiger partial charge in [-0.05, 0) is 36.4 Å². The van der Waals surface area contributed by atoms with Crippen LogP contribution in [0.25, 0.3) is 0 Å². The monoisotopic (exact) mass is 399 g/mol. The zero-order valence-electron chi connectivity index (χ0n) is 16.2. The van der Waals surface area contributed by atoms with E-state index >= 15 is 0 Å². The minimum absolute atomic E-state index is 0.0731. The normalized spacial score (nSPS) is 15.4. The molecule has 0 spiro atoms. The lowest BCUT2D eigenvalue weighted by atomic mass is 9.99. The fourth-order valence-electron chi connectivity index (χ4n) is 3.59. The van der Waals surface area contributed by atoms with Crippen molar-refractivity contribution in [1.82, 2.24) is 4.90 Å². The Morgan fingerprint density at radius 1 is 1.14 bits per heavy atom. The molecule has 2 aromatic carbocycles. The summed E-state index contributed by atoms with van der Waals surface area (Å²) in [5, 5.41) is 11.1. The number of nitrogens with zero attached hydrogens (tertiary/aromatic N) is 3. The molecule has 1 fully saturated rings. The second-order valence-corrected chi connectivity index (χ2v) is 7.85. The number of hydrogen-bond acceptors (Lipinski definition) is 5. The fraction of sp³-hybridized carbons (Fsp3) is 0.381. The minimum Gasteiger partial charge on any atom is -0.368 e. The molecule has 1 amide bonds. The Hall–Kier alpha value is -2.54. The molecule has 1 saturated heterocycles. The van der Waals surface area contributed by atoms with Gasteiger partial charge >= 0.3 is 0 Å². The second-order valence-electron chi connectivity index (χ2n) is 7.01. The molecule has 1 atom stereocenters. The van der Waals surface area contributed by atoms with Crippen LogP contribution in [0.4, 0.5) is 11.4 Å². The summed E-state index contributed by atoms with van der Waals surface area (Å²) in [7, 11) is 0. The van der Waals surface area contributed by atoms with E-state index in [4.69, 9.17) is 0 Å². The molecule has 2 aromatic rings. The first kappa shape index (κ1) is 20.2. The largest absolute Gasteiger partial charge is 0.368 e. The summed E-state index contributed by atoms with van der Waals surface area (Å²) in [6.07, 6.45) is 2.45. The van der Waals surface area contributed by atoms with E-state index in [9.17, 15) is 14.9 Å². The Labute approximate surface area is 169 Å². The second kappa shape index (κ2) is 9.10. The summed E-state index contributed by atoms with van der Waals surface area (Å²) in [6.45, 7) is 4.93. The van der Waals surface area contributed by atoms with Crippen LogP contribution in [0.5, 0.6) is 0 Å². The number of nitro benzene ring substituents is 1. The maximum atomic E-state index is 12.9. The van der Waals surface area contributed by atoms with Gasteiger partial charge in [0.15, 0.2) is 0 Å². The van der Waals surface area contributed by atoms with Crippen LogP contribution in [-0.2, 0) is 11.2 Å². The Morgan fingerprint density at radius 2 is 1.82 bits per heavy atom. The lowest BCUT2D eigenvalue weighted by molar-refractivity contribution is -0.385. The molecule has 1 aliphatic heterocycles. The van der Waals surface area contributed by atoms with Gasteiger partial charge in [-0.15, -0.1) is 11.8 Å². The van der Waals surface area contributed by atoms with E-state index in [0.717, 1.165) is 23.5 Å². The van der Waals surface area contributed by atoms with E-state index in [1.165, 1.54) is 11.8 Å². The molecule has 0 aliphatic carbocycles. The first-order valence-electron chi connectivity index (χ1n) is 9.39. The molecule has 0 radical (unpaired) electrons. The smallest absolute Gasteiger partial charge is 0.269 e. The van der Waals surface area contributed by atoms with Gasteiger partial charge < -0.3 is 9.80 Å². The van der Waals surface area contributed by atoms with Gasteiger partial charge in [-0.25, -0.2) is 0 Å². The van der Waals surface area contributed by atoms with Crippen LogP contribution >= 0.6 is 11.8 Å². The van der Waals surface area contributed by atoms with Crippen molar-refractivity contribution in [3.05, 3.63) is 64.2 Å². The molecule has 148 valence electrons. The maximum absolute atomic E-state index is 12.9. The van der Waals surface area contributed by atoms with Crippen LogP contribution in [0.15, 0.2) is 53.4 Å². The molecule has 1 aliphatic rings. The highest BCUT2D eigenvalue weighted by Gasteiger charge is 2.26. The minimum atomic E-state index is -0.386. The number of hydrogen-bond donors (Lipinski definition) is 0. The van der Waals surface area contributed by atoms with E-state index in [-0.39, 0.29) is 22.4 Å². The van der Waals surface area contributed by atoms with E-state index in [1.54, 1.807) is 23.9 Å². The standard InChI is InChI=1S/C21H25N3O3S/c1-16(14-17-15-19(24(26)27)8-9-20(17)28-2)21(25)23-12-10-22(11-13-23)18-6-4-3-5-7-18/h3-9,15-16H,10-14H2,1-2H3. The van der Waals surface area contributed by atoms with Crippen molar-refractivity contribution < 1.29 is 9.72 Å². The number of anilines is 1. The third-order valence-electron chi connectivity index (χ3n) is 5.14. The van der Waals surface area contributed by atoms with Crippen molar-refractivity contribution in [1.29, 1.82) is 0 Å². The number of carbonyl (C=O) groups excluding carboxylic acids is 1. The third kappa shape index (κ3) is 4.65. The summed E-state index contributed by atoms with van der Waals surface area (Å²) >= 11 is 1.55. The van der Waals surface area contributed by atoms with Crippen LogP contribution in [0, 0.1) is 16.0 Å². The first-order chi connectivity index (χ1) is 13.5. The zero-order valence-corrected chi connectivity index (χ0v) is 17.0. The van der Waals surface area contributed by atoms with Crippen molar-refractivity contribution in [2.75, 3.05) is 37.3 Å². The lowest BCUT2D eigenvalue weighted by Crippen LogP contribution is -2.50. The van der Waals surface area contributed by atoms with Gasteiger partial charge in [-0.1, -0.05) is 25.1 Å². The number of para-hydroxylation sites is 1. The van der Waals surface area contributed by atoms with E-state index in [1.807, 2.05) is 36.3 Å². The molecule has 0 bridgehead atoms. The predicted octanol–water partition coefficient (Wildman–Crippen LogP) is 3.84. The molecular formula is C21H25N3O3S. The van der Waals surface area contributed by atoms with E-state index in [0.29, 0.717) is 19.5 Å². The van der Waals surface area contributed by atoms with Crippen LogP contribution < -0.4 is 4.90 Å². The molecule has 3 rings (SSSR count). The summed E-state index contributed by atoms with van der Waals surface area (Å²) < 4.78 is 0. The summed E-state index contributed by atoms with van der Waals surface area (Å²) in [4.78, 5) is 28.8. The molecule has 6 nitrogen and oxygen atoms in total. The lowest BCUT2D eigenvalue weighted by Gasteiger charge is -2.37. The summed E-state index contributed by atoms with van der Waals surface area (Å²) in [5.41, 5.74) is 2.12. The fourth-order valence-corrected chi connectivity index (χ4v) is 4.20. The number of thioether (sulfide) groups is 1. The Kier molecular flexibility index (Phi) is 6.57. The van der Waals surface area contributed by atoms with Crippen LogP contribution in [0.1, 0.15) is 12.5 Å². The highest BCUT2D eigenvalue weighted by Crippen LogP contribution is 2.28. The third-order valence-corrected chi connectivity index (χ3v) is 5.97. The molecule has 1 unspecified atom stereocenters. The van der Waals surface area contributed by atoms with Gasteiger partial charge in [0.2, 0.25) is 5.91 Å². The van der Waals surface area contributed by atoms with E-state index < -0.39 is 0 Å². The zero-order chi connectivity index (χ0) is 20.1. The van der Waals surface area contributed by atoms with Gasteiger partial charge in [0.25, 0.3) is 5.69 Å². The van der Waals surface area contributed by atoms with Gasteiger partial charge in [-0.2, -0.15) is 0 Å². The molecule has 28 heavy (non-hydrogen) atoms.